The van der Waals surface area contributed by atoms with Gasteiger partial charge in [0.2, 0.25) is 0 Å². The average molecular weight is 280 g/mol. The number of benzene rings is 1. The number of carbonyl (C=O) groups is 2. The number of carbonyl (C=O) groups excluding carboxylic acids is 1. The Labute approximate surface area is 120 Å². The van der Waals surface area contributed by atoms with E-state index in [2.05, 4.69) is 5.32 Å². The van der Waals surface area contributed by atoms with Crippen LogP contribution in [0.3, 0.4) is 0 Å². The number of aryl methyl sites for hydroxylation is 1. The number of carboxylic acid groups (broad SMARTS) is 1. The first-order chi connectivity index (χ1) is 9.71. The molecular formula is C15H21NO4. The fourth-order valence-corrected chi connectivity index (χ4v) is 1.64. The molecule has 20 heavy (non-hydrogen) atoms. The van der Waals surface area contributed by atoms with Crippen molar-refractivity contribution in [3.05, 3.63) is 35.4 Å². The van der Waals surface area contributed by atoms with Crippen molar-refractivity contribution in [1.29, 1.82) is 0 Å². The molecule has 1 aromatic rings. The summed E-state index contributed by atoms with van der Waals surface area (Å²) < 4.78 is 12.4. The lowest BCUT2D eigenvalue weighted by molar-refractivity contribution is -0.139. The Morgan fingerprint density at radius 1 is 1.45 bits per heavy atom. The number of hydrogen-bond donors (Lipinski definition) is 2. The summed E-state index contributed by atoms with van der Waals surface area (Å²) in [4.78, 5) is 22.9. The van der Waals surface area contributed by atoms with Gasteiger partial charge in [-0.3, -0.25) is 0 Å². The summed E-state index contributed by atoms with van der Waals surface area (Å²) in [7, 11) is 0. The van der Waals surface area contributed by atoms with Gasteiger partial charge in [0.15, 0.2) is 0 Å². The number of aliphatic carboxylic acids is 1. The smallest absolute Gasteiger partial charge is 0.408 e. The van der Waals surface area contributed by atoms with Gasteiger partial charge in [-0.2, -0.15) is 0 Å². The first-order valence-corrected chi connectivity index (χ1v) is 6.30. The highest BCUT2D eigenvalue weighted by Gasteiger charge is 2.24. The van der Waals surface area contributed by atoms with Crippen LogP contribution in [0.2, 0.25) is 0 Å². The minimum Gasteiger partial charge on any atom is -0.480 e. The molecule has 1 amide bonds. The van der Waals surface area contributed by atoms with Gasteiger partial charge in [-0.1, -0.05) is 29.8 Å². The quantitative estimate of drug-likeness (QED) is 0.888. The maximum absolute atomic E-state index is 11.7. The maximum Gasteiger partial charge on any atom is 0.408 e. The molecular weight excluding hydrogens is 258 g/mol. The largest absolute Gasteiger partial charge is 0.480 e. The third-order valence-electron chi connectivity index (χ3n) is 2.42. The number of amides is 1. The van der Waals surface area contributed by atoms with E-state index in [1.807, 2.05) is 0 Å². The first-order valence-electron chi connectivity index (χ1n) is 7.01. The predicted octanol–water partition coefficient (Wildman–Crippen LogP) is 2.52. The van der Waals surface area contributed by atoms with Crippen LogP contribution in [-0.2, 0) is 16.0 Å². The molecule has 1 atom stereocenters. The molecule has 0 aliphatic carbocycles. The number of hydrogen-bond acceptors (Lipinski definition) is 3. The summed E-state index contributed by atoms with van der Waals surface area (Å²) in [6.07, 6.45) is -0.617. The molecule has 1 rings (SSSR count). The number of rotatable bonds is 4. The van der Waals surface area contributed by atoms with Crippen LogP contribution in [-0.4, -0.2) is 28.8 Å². The highest BCUT2D eigenvalue weighted by atomic mass is 16.6. The molecule has 0 aromatic heterocycles. The molecule has 2 N–H and O–H groups in total. The Bertz CT molecular complexity index is 511. The molecule has 0 aliphatic rings. The van der Waals surface area contributed by atoms with Crippen LogP contribution in [0.15, 0.2) is 24.3 Å². The molecule has 0 spiro atoms. The zero-order valence-electron chi connectivity index (χ0n) is 13.0. The van der Waals surface area contributed by atoms with Crippen molar-refractivity contribution >= 4 is 12.1 Å². The molecule has 5 nitrogen and oxygen atoms in total. The van der Waals surface area contributed by atoms with Gasteiger partial charge in [0, 0.05) is 7.79 Å². The Balaban J connectivity index is 2.74. The monoisotopic (exact) mass is 280 g/mol. The van der Waals surface area contributed by atoms with Gasteiger partial charge in [0.25, 0.3) is 0 Å². The van der Waals surface area contributed by atoms with E-state index in [9.17, 15) is 14.7 Å². The third-order valence-corrected chi connectivity index (χ3v) is 2.42. The second-order valence-corrected chi connectivity index (χ2v) is 5.56. The van der Waals surface area contributed by atoms with Crippen molar-refractivity contribution in [3.8, 4) is 0 Å². The molecule has 0 aliphatic heterocycles. The lowest BCUT2D eigenvalue weighted by atomic mass is 10.0. The predicted molar refractivity (Wildman–Crippen MR) is 75.7 cm³/mol. The standard InChI is InChI=1S/C15H21NO4/c1-10-6-5-7-11(8-10)9-12(13(17)18)16-14(19)20-15(2,3)4/h5-8,12H,9H2,1-4H3,(H,16,19)(H,17,18)/t12-/m0/s1/i1D. The highest BCUT2D eigenvalue weighted by Crippen LogP contribution is 2.09. The average Bonchev–Trinajstić information content (AvgIpc) is 2.36. The molecule has 1 aromatic carbocycles. The van der Waals surface area contributed by atoms with E-state index in [1.54, 1.807) is 45.0 Å². The van der Waals surface area contributed by atoms with Crippen LogP contribution < -0.4 is 5.32 Å². The van der Waals surface area contributed by atoms with Crippen LogP contribution in [0.4, 0.5) is 4.79 Å². The zero-order chi connectivity index (χ0) is 16.0. The summed E-state index contributed by atoms with van der Waals surface area (Å²) in [6.45, 7) is 5.26. The third kappa shape index (κ3) is 5.73. The molecule has 0 unspecified atom stereocenters. The molecule has 5 heteroatoms. The molecule has 0 saturated heterocycles. The van der Waals surface area contributed by atoms with E-state index < -0.39 is 23.7 Å². The Morgan fingerprint density at radius 3 is 2.70 bits per heavy atom. The Morgan fingerprint density at radius 2 is 2.15 bits per heavy atom. The highest BCUT2D eigenvalue weighted by molar-refractivity contribution is 5.80. The first kappa shape index (κ1) is 14.4. The van der Waals surface area contributed by atoms with E-state index in [-0.39, 0.29) is 13.3 Å². The lowest BCUT2D eigenvalue weighted by Crippen LogP contribution is -2.44. The number of ether oxygens (including phenoxy) is 1. The van der Waals surface area contributed by atoms with Crippen LogP contribution in [0.1, 0.15) is 33.3 Å². The van der Waals surface area contributed by atoms with Crippen molar-refractivity contribution in [2.45, 2.75) is 45.7 Å². The summed E-state index contributed by atoms with van der Waals surface area (Å²) >= 11 is 0. The van der Waals surface area contributed by atoms with Crippen molar-refractivity contribution in [3.63, 3.8) is 0 Å². The summed E-state index contributed by atoms with van der Waals surface area (Å²) in [5.74, 6) is -1.13. The van der Waals surface area contributed by atoms with Gasteiger partial charge in [-0.15, -0.1) is 0 Å². The fraction of sp³-hybridized carbons (Fsp3) is 0.467. The van der Waals surface area contributed by atoms with E-state index in [0.717, 1.165) is 11.1 Å². The Kier molecular flexibility index (Phi) is 4.61. The van der Waals surface area contributed by atoms with Crippen LogP contribution in [0.5, 0.6) is 0 Å². The van der Waals surface area contributed by atoms with Crippen molar-refractivity contribution in [1.82, 2.24) is 5.32 Å². The zero-order valence-corrected chi connectivity index (χ0v) is 12.0. The summed E-state index contributed by atoms with van der Waals surface area (Å²) in [5, 5.41) is 11.6. The molecule has 0 saturated carbocycles. The van der Waals surface area contributed by atoms with E-state index in [1.165, 1.54) is 0 Å². The molecule has 0 bridgehead atoms. The minimum atomic E-state index is -1.13. The second-order valence-electron chi connectivity index (χ2n) is 5.56. The van der Waals surface area contributed by atoms with Crippen LogP contribution >= 0.6 is 0 Å². The van der Waals surface area contributed by atoms with Crippen LogP contribution in [0, 0.1) is 6.90 Å². The maximum atomic E-state index is 11.7. The van der Waals surface area contributed by atoms with Crippen molar-refractivity contribution in [2.24, 2.45) is 0 Å². The summed E-state index contributed by atoms with van der Waals surface area (Å²) in [5.41, 5.74) is 0.871. The number of nitrogens with one attached hydrogen (secondary N) is 1. The van der Waals surface area contributed by atoms with E-state index in [4.69, 9.17) is 6.11 Å². The molecule has 0 radical (unpaired) electrons. The lowest BCUT2D eigenvalue weighted by Gasteiger charge is -2.22. The molecule has 0 fully saturated rings. The second kappa shape index (κ2) is 6.41. The normalized spacial score (nSPS) is 13.2. The molecule has 0 heterocycles. The summed E-state index contributed by atoms with van der Waals surface area (Å²) in [6, 6.07) is 6.03. The number of alkyl carbamates (subject to hydrolysis) is 1. The molecule has 110 valence electrons. The van der Waals surface area contributed by atoms with E-state index in [0.29, 0.717) is 0 Å². The van der Waals surface area contributed by atoms with Crippen LogP contribution in [0.25, 0.3) is 0 Å². The van der Waals surface area contributed by atoms with Gasteiger partial charge in [0.05, 0.1) is 0 Å². The minimum absolute atomic E-state index is 0.130. The topological polar surface area (TPSA) is 75.6 Å². The number of carboxylic acids is 1. The van der Waals surface area contributed by atoms with Gasteiger partial charge in [-0.05, 0) is 33.2 Å². The van der Waals surface area contributed by atoms with E-state index >= 15 is 0 Å². The van der Waals surface area contributed by atoms with Gasteiger partial charge < -0.3 is 15.2 Å². The van der Waals surface area contributed by atoms with Gasteiger partial charge in [-0.25, -0.2) is 9.59 Å². The van der Waals surface area contributed by atoms with Crippen molar-refractivity contribution < 1.29 is 20.8 Å². The Hall–Kier alpha value is -2.04. The van der Waals surface area contributed by atoms with Gasteiger partial charge >= 0.3 is 12.1 Å². The van der Waals surface area contributed by atoms with Crippen molar-refractivity contribution in [2.75, 3.05) is 0 Å². The van der Waals surface area contributed by atoms with Gasteiger partial charge in [0.1, 0.15) is 11.6 Å². The SMILES string of the molecule is [2H]Cc1cccc(C[C@H](NC(=O)OC(C)(C)C)C(=O)O)c1. The fourth-order valence-electron chi connectivity index (χ4n) is 1.64.